The molecule has 0 radical (unpaired) electrons. The molecule has 0 aliphatic carbocycles. The Morgan fingerprint density at radius 1 is 0.966 bits per heavy atom. The number of nitrogens with one attached hydrogen (secondary N) is 3. The van der Waals surface area contributed by atoms with Crippen molar-refractivity contribution in [2.75, 3.05) is 43.6 Å². The summed E-state index contributed by atoms with van der Waals surface area (Å²) in [6, 6.07) is 14.1. The number of quaternary nitrogens is 1. The number of carbonyl (C=O) groups excluding carboxylic acids is 3. The molecule has 2 aromatic carbocycles. The van der Waals surface area contributed by atoms with Crippen molar-refractivity contribution in [3.05, 3.63) is 54.1 Å². The number of thioether (sulfide) groups is 1. The topological polar surface area (TPSA) is 88.9 Å². The van der Waals surface area contributed by atoms with Crippen molar-refractivity contribution >= 4 is 40.9 Å². The summed E-state index contributed by atoms with van der Waals surface area (Å²) in [5.41, 5.74) is 1.77. The largest absolute Gasteiger partial charge is 0.462 e. The molecule has 7 nitrogen and oxygen atoms in total. The molecule has 2 amide bonds. The van der Waals surface area contributed by atoms with Gasteiger partial charge in [-0.3, -0.25) is 9.59 Å². The van der Waals surface area contributed by atoms with Gasteiger partial charge in [-0.15, -0.1) is 11.8 Å². The Morgan fingerprint density at radius 2 is 1.59 bits per heavy atom. The maximum atomic E-state index is 12.3. The minimum absolute atomic E-state index is 0.136. The Labute approximate surface area is 174 Å². The number of benzene rings is 2. The molecular weight excluding hydrogens is 390 g/mol. The maximum Gasteiger partial charge on any atom is 0.338 e. The van der Waals surface area contributed by atoms with E-state index in [9.17, 15) is 14.4 Å². The second-order valence-corrected chi connectivity index (χ2v) is 7.25. The van der Waals surface area contributed by atoms with Gasteiger partial charge < -0.3 is 20.3 Å². The Balaban J connectivity index is 1.82. The van der Waals surface area contributed by atoms with E-state index >= 15 is 0 Å². The molecule has 3 N–H and O–H groups in total. The van der Waals surface area contributed by atoms with E-state index in [0.717, 1.165) is 15.5 Å². The van der Waals surface area contributed by atoms with Crippen LogP contribution < -0.4 is 15.5 Å². The Hall–Kier alpha value is -2.84. The molecule has 8 heteroatoms. The van der Waals surface area contributed by atoms with Crippen LogP contribution in [-0.2, 0) is 14.3 Å². The first-order valence-electron chi connectivity index (χ1n) is 9.24. The molecule has 1 atom stereocenters. The van der Waals surface area contributed by atoms with Gasteiger partial charge in [0.05, 0.1) is 24.9 Å². The van der Waals surface area contributed by atoms with Crippen molar-refractivity contribution in [2.45, 2.75) is 11.8 Å². The molecule has 29 heavy (non-hydrogen) atoms. The lowest BCUT2D eigenvalue weighted by molar-refractivity contribution is -0.862. The van der Waals surface area contributed by atoms with Gasteiger partial charge in [0.2, 0.25) is 0 Å². The van der Waals surface area contributed by atoms with Gasteiger partial charge >= 0.3 is 5.97 Å². The van der Waals surface area contributed by atoms with Crippen molar-refractivity contribution in [3.63, 3.8) is 0 Å². The number of anilines is 2. The molecule has 0 aromatic heterocycles. The molecule has 0 bridgehead atoms. The van der Waals surface area contributed by atoms with Gasteiger partial charge in [0.1, 0.15) is 0 Å². The summed E-state index contributed by atoms with van der Waals surface area (Å²) >= 11 is 1.56. The number of carbonyl (C=O) groups is 3. The number of rotatable bonds is 9. The second-order valence-electron chi connectivity index (χ2n) is 6.41. The molecule has 0 fully saturated rings. The zero-order chi connectivity index (χ0) is 21.2. The van der Waals surface area contributed by atoms with Crippen LogP contribution in [0.15, 0.2) is 53.4 Å². The van der Waals surface area contributed by atoms with Crippen LogP contribution in [0.25, 0.3) is 0 Å². The van der Waals surface area contributed by atoms with E-state index in [1.165, 1.54) is 0 Å². The summed E-state index contributed by atoms with van der Waals surface area (Å²) in [6.07, 6.45) is 1.95. The van der Waals surface area contributed by atoms with Gasteiger partial charge in [0.15, 0.2) is 13.1 Å². The van der Waals surface area contributed by atoms with Crippen LogP contribution in [-0.4, -0.2) is 50.8 Å². The lowest BCUT2D eigenvalue weighted by Gasteiger charge is -2.15. The third kappa shape index (κ3) is 7.24. The molecule has 0 saturated heterocycles. The first kappa shape index (κ1) is 22.4. The SMILES string of the molecule is CCOC(=O)c1ccc(NC(=O)C[NH+](C)CC(=O)Nc2ccccc2SC)cc1. The number of hydrogen-bond donors (Lipinski definition) is 3. The van der Waals surface area contributed by atoms with Crippen LogP contribution in [0, 0.1) is 0 Å². The monoisotopic (exact) mass is 416 g/mol. The average Bonchev–Trinajstić information content (AvgIpc) is 2.68. The fourth-order valence-corrected chi connectivity index (χ4v) is 3.22. The van der Waals surface area contributed by atoms with Crippen molar-refractivity contribution in [1.82, 2.24) is 0 Å². The minimum Gasteiger partial charge on any atom is -0.462 e. The third-order valence-electron chi connectivity index (χ3n) is 3.99. The predicted octanol–water partition coefficient (Wildman–Crippen LogP) is 1.68. The average molecular weight is 417 g/mol. The van der Waals surface area contributed by atoms with Crippen LogP contribution >= 0.6 is 11.8 Å². The molecule has 2 rings (SSSR count). The van der Waals surface area contributed by atoms with E-state index < -0.39 is 5.97 Å². The zero-order valence-corrected chi connectivity index (χ0v) is 17.6. The summed E-state index contributed by atoms with van der Waals surface area (Å²) in [5, 5.41) is 5.65. The summed E-state index contributed by atoms with van der Waals surface area (Å²) in [7, 11) is 1.78. The first-order valence-corrected chi connectivity index (χ1v) is 10.5. The molecule has 154 valence electrons. The molecule has 2 aromatic rings. The fraction of sp³-hybridized carbons (Fsp3) is 0.286. The van der Waals surface area contributed by atoms with Crippen molar-refractivity contribution in [2.24, 2.45) is 0 Å². The highest BCUT2D eigenvalue weighted by Gasteiger charge is 2.15. The second kappa shape index (κ2) is 11.2. The van der Waals surface area contributed by atoms with Crippen LogP contribution in [0.4, 0.5) is 11.4 Å². The third-order valence-corrected chi connectivity index (χ3v) is 4.78. The molecule has 0 aliphatic heterocycles. The minimum atomic E-state index is -0.399. The number of likely N-dealkylation sites (N-methyl/N-ethyl adjacent to an activating group) is 1. The van der Waals surface area contributed by atoms with Crippen LogP contribution in [0.5, 0.6) is 0 Å². The van der Waals surface area contributed by atoms with E-state index in [1.807, 2.05) is 30.5 Å². The van der Waals surface area contributed by atoms with Crippen molar-refractivity contribution in [3.8, 4) is 0 Å². The lowest BCUT2D eigenvalue weighted by Crippen LogP contribution is -3.11. The molecule has 0 heterocycles. The Morgan fingerprint density at radius 3 is 2.21 bits per heavy atom. The normalized spacial score (nSPS) is 11.4. The predicted molar refractivity (Wildman–Crippen MR) is 115 cm³/mol. The smallest absolute Gasteiger partial charge is 0.338 e. The maximum absolute atomic E-state index is 12.3. The highest BCUT2D eigenvalue weighted by Crippen LogP contribution is 2.24. The van der Waals surface area contributed by atoms with Gasteiger partial charge in [0.25, 0.3) is 11.8 Å². The number of hydrogen-bond acceptors (Lipinski definition) is 5. The summed E-state index contributed by atoms with van der Waals surface area (Å²) in [5.74, 6) is -0.775. The van der Waals surface area contributed by atoms with Gasteiger partial charge in [0, 0.05) is 10.6 Å². The van der Waals surface area contributed by atoms with Crippen molar-refractivity contribution in [1.29, 1.82) is 0 Å². The quantitative estimate of drug-likeness (QED) is 0.428. The molecule has 1 unspecified atom stereocenters. The van der Waals surface area contributed by atoms with E-state index in [4.69, 9.17) is 4.74 Å². The van der Waals surface area contributed by atoms with Crippen LogP contribution in [0.3, 0.4) is 0 Å². The number of amides is 2. The van der Waals surface area contributed by atoms with Crippen molar-refractivity contribution < 1.29 is 24.0 Å². The fourth-order valence-electron chi connectivity index (χ4n) is 2.66. The number of para-hydroxylation sites is 1. The van der Waals surface area contributed by atoms with Gasteiger partial charge in [-0.25, -0.2) is 4.79 Å². The highest BCUT2D eigenvalue weighted by atomic mass is 32.2. The van der Waals surface area contributed by atoms with E-state index in [2.05, 4.69) is 10.6 Å². The molecular formula is C21H26N3O4S+. The van der Waals surface area contributed by atoms with E-state index in [-0.39, 0.29) is 24.9 Å². The van der Waals surface area contributed by atoms with Crippen LogP contribution in [0.1, 0.15) is 17.3 Å². The van der Waals surface area contributed by atoms with Gasteiger partial charge in [-0.1, -0.05) is 12.1 Å². The zero-order valence-electron chi connectivity index (χ0n) is 16.8. The molecule has 0 spiro atoms. The summed E-state index contributed by atoms with van der Waals surface area (Å²) in [4.78, 5) is 37.9. The first-order chi connectivity index (χ1) is 13.9. The Kier molecular flexibility index (Phi) is 8.69. The highest BCUT2D eigenvalue weighted by molar-refractivity contribution is 7.98. The Bertz CT molecular complexity index is 855. The standard InChI is InChI=1S/C21H25N3O4S/c1-4-28-21(27)15-9-11-16(12-10-15)22-19(25)13-24(2)14-20(26)23-17-7-5-6-8-18(17)29-3/h5-12H,4,13-14H2,1-3H3,(H,22,25)(H,23,26)/p+1. The lowest BCUT2D eigenvalue weighted by atomic mass is 10.2. The number of esters is 1. The molecule has 0 aliphatic rings. The van der Waals surface area contributed by atoms with Crippen LogP contribution in [0.2, 0.25) is 0 Å². The summed E-state index contributed by atoms with van der Waals surface area (Å²) in [6.45, 7) is 2.35. The number of ether oxygens (including phenoxy) is 1. The van der Waals surface area contributed by atoms with E-state index in [0.29, 0.717) is 17.9 Å². The summed E-state index contributed by atoms with van der Waals surface area (Å²) < 4.78 is 4.93. The van der Waals surface area contributed by atoms with E-state index in [1.54, 1.807) is 50.0 Å². The van der Waals surface area contributed by atoms with Gasteiger partial charge in [-0.2, -0.15) is 0 Å². The molecule has 0 saturated carbocycles. The van der Waals surface area contributed by atoms with Gasteiger partial charge in [-0.05, 0) is 49.6 Å².